The summed E-state index contributed by atoms with van der Waals surface area (Å²) in [7, 11) is 2.16. The number of morpholine rings is 1. The number of nitrogens with one attached hydrogen (secondary N) is 1. The first-order chi connectivity index (χ1) is 9.65. The highest BCUT2D eigenvalue weighted by Crippen LogP contribution is 2.35. The second-order valence-corrected chi connectivity index (χ2v) is 6.97. The molecule has 2 fully saturated rings. The molecule has 0 amide bonds. The van der Waals surface area contributed by atoms with Gasteiger partial charge in [-0.05, 0) is 43.7 Å². The SMILES string of the molecule is CN1CCOC(CNC2CC2)C1c1cc(Cl)ccc1Br. The third-order valence-corrected chi connectivity index (χ3v) is 5.02. The van der Waals surface area contributed by atoms with Crippen LogP contribution in [0, 0.1) is 0 Å². The van der Waals surface area contributed by atoms with Gasteiger partial charge in [-0.2, -0.15) is 0 Å². The van der Waals surface area contributed by atoms with Crippen molar-refractivity contribution < 1.29 is 4.74 Å². The monoisotopic (exact) mass is 358 g/mol. The fourth-order valence-electron chi connectivity index (χ4n) is 2.78. The second kappa shape index (κ2) is 6.32. The van der Waals surface area contributed by atoms with E-state index in [0.717, 1.165) is 29.2 Å². The molecule has 0 spiro atoms. The molecular formula is C15H20BrClN2O. The molecule has 1 aliphatic heterocycles. The van der Waals surface area contributed by atoms with E-state index in [2.05, 4.69) is 33.2 Å². The average Bonchev–Trinajstić information content (AvgIpc) is 3.24. The molecule has 2 atom stereocenters. The zero-order chi connectivity index (χ0) is 14.1. The first kappa shape index (κ1) is 14.8. The van der Waals surface area contributed by atoms with E-state index in [9.17, 15) is 0 Å². The normalized spacial score (nSPS) is 27.8. The summed E-state index contributed by atoms with van der Waals surface area (Å²) in [4.78, 5) is 2.36. The Kier molecular flexibility index (Phi) is 4.68. The van der Waals surface area contributed by atoms with Crippen molar-refractivity contribution in [3.63, 3.8) is 0 Å². The number of hydrogen-bond acceptors (Lipinski definition) is 3. The highest BCUT2D eigenvalue weighted by molar-refractivity contribution is 9.10. The van der Waals surface area contributed by atoms with Crippen molar-refractivity contribution >= 4 is 27.5 Å². The lowest BCUT2D eigenvalue weighted by Crippen LogP contribution is -2.47. The first-order valence-electron chi connectivity index (χ1n) is 7.15. The Morgan fingerprint density at radius 3 is 3.00 bits per heavy atom. The van der Waals surface area contributed by atoms with Crippen molar-refractivity contribution in [2.45, 2.75) is 31.0 Å². The highest BCUT2D eigenvalue weighted by atomic mass is 79.9. The smallest absolute Gasteiger partial charge is 0.0896 e. The number of nitrogens with zero attached hydrogens (tertiary/aromatic N) is 1. The summed E-state index contributed by atoms with van der Waals surface area (Å²) in [5, 5.41) is 4.35. The van der Waals surface area contributed by atoms with E-state index >= 15 is 0 Å². The molecule has 0 bridgehead atoms. The van der Waals surface area contributed by atoms with Gasteiger partial charge < -0.3 is 10.1 Å². The minimum Gasteiger partial charge on any atom is -0.374 e. The molecule has 2 aliphatic rings. The van der Waals surface area contributed by atoms with Gasteiger partial charge in [-0.25, -0.2) is 0 Å². The summed E-state index contributed by atoms with van der Waals surface area (Å²) in [6.45, 7) is 2.64. The maximum absolute atomic E-state index is 6.17. The van der Waals surface area contributed by atoms with Crippen LogP contribution in [0.5, 0.6) is 0 Å². The van der Waals surface area contributed by atoms with Gasteiger partial charge in [-0.1, -0.05) is 27.5 Å². The quantitative estimate of drug-likeness (QED) is 0.893. The number of halogens is 2. The summed E-state index contributed by atoms with van der Waals surface area (Å²) in [5.74, 6) is 0. The van der Waals surface area contributed by atoms with Crippen molar-refractivity contribution in [2.24, 2.45) is 0 Å². The van der Waals surface area contributed by atoms with Crippen LogP contribution in [0.4, 0.5) is 0 Å². The number of likely N-dealkylation sites (N-methyl/N-ethyl adjacent to an activating group) is 1. The van der Waals surface area contributed by atoms with E-state index < -0.39 is 0 Å². The van der Waals surface area contributed by atoms with Crippen LogP contribution in [0.25, 0.3) is 0 Å². The lowest BCUT2D eigenvalue weighted by atomic mass is 9.98. The van der Waals surface area contributed by atoms with Gasteiger partial charge in [0, 0.05) is 28.6 Å². The number of ether oxygens (including phenoxy) is 1. The summed E-state index contributed by atoms with van der Waals surface area (Å²) in [5.41, 5.74) is 1.21. The molecular weight excluding hydrogens is 340 g/mol. The third kappa shape index (κ3) is 3.37. The molecule has 3 nitrogen and oxygen atoms in total. The van der Waals surface area contributed by atoms with E-state index in [1.165, 1.54) is 18.4 Å². The van der Waals surface area contributed by atoms with Gasteiger partial charge in [0.25, 0.3) is 0 Å². The van der Waals surface area contributed by atoms with E-state index in [4.69, 9.17) is 16.3 Å². The Balaban J connectivity index is 1.82. The summed E-state index contributed by atoms with van der Waals surface area (Å²) < 4.78 is 7.12. The molecule has 1 heterocycles. The molecule has 1 aromatic rings. The predicted octanol–water partition coefficient (Wildman–Crippen LogP) is 3.23. The largest absolute Gasteiger partial charge is 0.374 e. The Labute approximate surface area is 133 Å². The minimum absolute atomic E-state index is 0.170. The van der Waals surface area contributed by atoms with Gasteiger partial charge in [0.15, 0.2) is 0 Å². The summed E-state index contributed by atoms with van der Waals surface area (Å²) >= 11 is 9.83. The van der Waals surface area contributed by atoms with Gasteiger partial charge in [0.1, 0.15) is 0 Å². The molecule has 1 aliphatic carbocycles. The third-order valence-electron chi connectivity index (χ3n) is 4.06. The Bertz CT molecular complexity index is 481. The minimum atomic E-state index is 0.170. The lowest BCUT2D eigenvalue weighted by molar-refractivity contribution is -0.0617. The molecule has 20 heavy (non-hydrogen) atoms. The van der Waals surface area contributed by atoms with E-state index in [-0.39, 0.29) is 12.1 Å². The molecule has 0 radical (unpaired) electrons. The molecule has 0 aromatic heterocycles. The molecule has 3 rings (SSSR count). The predicted molar refractivity (Wildman–Crippen MR) is 85.3 cm³/mol. The van der Waals surface area contributed by atoms with Gasteiger partial charge >= 0.3 is 0 Å². The maximum atomic E-state index is 6.17. The van der Waals surface area contributed by atoms with Gasteiger partial charge in [-0.3, -0.25) is 4.90 Å². The summed E-state index contributed by atoms with van der Waals surface area (Å²) in [6, 6.07) is 6.92. The fraction of sp³-hybridized carbons (Fsp3) is 0.600. The fourth-order valence-corrected chi connectivity index (χ4v) is 3.44. The van der Waals surface area contributed by atoms with Crippen LogP contribution in [0.1, 0.15) is 24.4 Å². The maximum Gasteiger partial charge on any atom is 0.0896 e. The van der Waals surface area contributed by atoms with Gasteiger partial charge in [0.05, 0.1) is 18.8 Å². The van der Waals surface area contributed by atoms with Crippen LogP contribution in [-0.2, 0) is 4.74 Å². The standard InChI is InChI=1S/C15H20BrClN2O/c1-19-6-7-20-14(9-18-11-3-4-11)15(19)12-8-10(17)2-5-13(12)16/h2,5,8,11,14-15,18H,3-4,6-7,9H2,1H3. The van der Waals surface area contributed by atoms with Gasteiger partial charge in [0.2, 0.25) is 0 Å². The molecule has 110 valence electrons. The average molecular weight is 360 g/mol. The lowest BCUT2D eigenvalue weighted by Gasteiger charge is -2.40. The zero-order valence-electron chi connectivity index (χ0n) is 11.6. The Hall–Kier alpha value is -0.130. The molecule has 1 saturated heterocycles. The summed E-state index contributed by atoms with van der Waals surface area (Å²) in [6.07, 6.45) is 2.77. The number of hydrogen-bond donors (Lipinski definition) is 1. The van der Waals surface area contributed by atoms with E-state index in [0.29, 0.717) is 6.04 Å². The van der Waals surface area contributed by atoms with E-state index in [1.807, 2.05) is 18.2 Å². The van der Waals surface area contributed by atoms with Crippen molar-refractivity contribution in [3.05, 3.63) is 33.3 Å². The molecule has 1 N–H and O–H groups in total. The topological polar surface area (TPSA) is 24.5 Å². The zero-order valence-corrected chi connectivity index (χ0v) is 14.0. The number of benzene rings is 1. The van der Waals surface area contributed by atoms with Crippen LogP contribution in [0.2, 0.25) is 5.02 Å². The second-order valence-electron chi connectivity index (χ2n) is 5.68. The van der Waals surface area contributed by atoms with E-state index in [1.54, 1.807) is 0 Å². The Morgan fingerprint density at radius 1 is 1.45 bits per heavy atom. The van der Waals surface area contributed by atoms with Gasteiger partial charge in [-0.15, -0.1) is 0 Å². The first-order valence-corrected chi connectivity index (χ1v) is 8.32. The van der Waals surface area contributed by atoms with Crippen molar-refractivity contribution in [2.75, 3.05) is 26.7 Å². The van der Waals surface area contributed by atoms with Crippen LogP contribution in [0.3, 0.4) is 0 Å². The van der Waals surface area contributed by atoms with Crippen molar-refractivity contribution in [1.29, 1.82) is 0 Å². The van der Waals surface area contributed by atoms with Crippen LogP contribution in [-0.4, -0.2) is 43.8 Å². The van der Waals surface area contributed by atoms with Crippen LogP contribution >= 0.6 is 27.5 Å². The Morgan fingerprint density at radius 2 is 2.25 bits per heavy atom. The van der Waals surface area contributed by atoms with Crippen molar-refractivity contribution in [3.8, 4) is 0 Å². The highest BCUT2D eigenvalue weighted by Gasteiger charge is 2.34. The van der Waals surface area contributed by atoms with Crippen LogP contribution < -0.4 is 5.32 Å². The molecule has 2 unspecified atom stereocenters. The van der Waals surface area contributed by atoms with Crippen LogP contribution in [0.15, 0.2) is 22.7 Å². The molecule has 5 heteroatoms. The molecule has 1 aromatic carbocycles. The van der Waals surface area contributed by atoms with Crippen molar-refractivity contribution in [1.82, 2.24) is 10.2 Å². The number of rotatable bonds is 4. The molecule has 1 saturated carbocycles.